The largest absolute Gasteiger partial charge is 0.462 e. The van der Waals surface area contributed by atoms with Gasteiger partial charge in [-0.25, -0.2) is 18.0 Å². The normalized spacial score (nSPS) is 11.3. The molecule has 0 aliphatic heterocycles. The van der Waals surface area contributed by atoms with E-state index in [1.54, 1.807) is 6.92 Å². The highest BCUT2D eigenvalue weighted by molar-refractivity contribution is 5.89. The minimum atomic E-state index is -3.33. The molecular formula is C11H11F3O2. The smallest absolute Gasteiger partial charge is 0.338 e. The fourth-order valence-electron chi connectivity index (χ4n) is 1.20. The van der Waals surface area contributed by atoms with Crippen molar-refractivity contribution in [2.24, 2.45) is 0 Å². The Kier molecular flexibility index (Phi) is 3.57. The molecule has 16 heavy (non-hydrogen) atoms. The van der Waals surface area contributed by atoms with Crippen molar-refractivity contribution in [2.75, 3.05) is 6.61 Å². The summed E-state index contributed by atoms with van der Waals surface area (Å²) in [5.41, 5.74) is -0.891. The number of hydrogen-bond acceptors (Lipinski definition) is 2. The van der Waals surface area contributed by atoms with Gasteiger partial charge in [-0.05, 0) is 25.1 Å². The van der Waals surface area contributed by atoms with Gasteiger partial charge in [-0.3, -0.25) is 0 Å². The number of carbonyl (C=O) groups excluding carboxylic acids is 1. The second-order valence-electron chi connectivity index (χ2n) is 3.30. The van der Waals surface area contributed by atoms with Gasteiger partial charge in [0.25, 0.3) is 5.92 Å². The maximum atomic E-state index is 13.1. The summed E-state index contributed by atoms with van der Waals surface area (Å²) in [5.74, 6) is -5.11. The Morgan fingerprint density at radius 3 is 2.56 bits per heavy atom. The fraction of sp³-hybridized carbons (Fsp3) is 0.364. The second-order valence-corrected chi connectivity index (χ2v) is 3.30. The number of halogens is 3. The summed E-state index contributed by atoms with van der Waals surface area (Å²) in [6.07, 6.45) is 0. The first-order chi connectivity index (χ1) is 7.36. The monoisotopic (exact) mass is 232 g/mol. The van der Waals surface area contributed by atoms with Crippen molar-refractivity contribution < 1.29 is 22.7 Å². The van der Waals surface area contributed by atoms with Crippen LogP contribution in [0.3, 0.4) is 0 Å². The zero-order valence-electron chi connectivity index (χ0n) is 8.89. The van der Waals surface area contributed by atoms with E-state index in [1.807, 2.05) is 0 Å². The number of alkyl halides is 2. The van der Waals surface area contributed by atoms with E-state index in [-0.39, 0.29) is 12.2 Å². The minimum absolute atomic E-state index is 0.0835. The van der Waals surface area contributed by atoms with Crippen molar-refractivity contribution in [1.82, 2.24) is 0 Å². The predicted octanol–water partition coefficient (Wildman–Crippen LogP) is 3.11. The Morgan fingerprint density at radius 1 is 1.44 bits per heavy atom. The molecule has 0 bridgehead atoms. The quantitative estimate of drug-likeness (QED) is 0.748. The van der Waals surface area contributed by atoms with Crippen LogP contribution in [0.15, 0.2) is 18.2 Å². The van der Waals surface area contributed by atoms with Crippen LogP contribution in [0.4, 0.5) is 13.2 Å². The highest BCUT2D eigenvalue weighted by Gasteiger charge is 2.29. The molecule has 0 atom stereocenters. The van der Waals surface area contributed by atoms with Crippen LogP contribution in [0.1, 0.15) is 29.8 Å². The molecule has 0 spiro atoms. The molecule has 0 unspecified atom stereocenters. The molecule has 0 aliphatic carbocycles. The van der Waals surface area contributed by atoms with Crippen molar-refractivity contribution in [3.05, 3.63) is 35.1 Å². The number of esters is 1. The molecule has 1 rings (SSSR count). The standard InChI is InChI=1S/C11H11F3O2/c1-3-16-10(15)7-4-5-9(12)8(6-7)11(2,13)14/h4-6H,3H2,1-2H3. The molecule has 0 fully saturated rings. The summed E-state index contributed by atoms with van der Waals surface area (Å²) in [6, 6.07) is 2.76. The molecule has 0 radical (unpaired) electrons. The third-order valence-corrected chi connectivity index (χ3v) is 1.95. The molecule has 1 aromatic carbocycles. The van der Waals surface area contributed by atoms with Crippen LogP contribution in [0.5, 0.6) is 0 Å². The Bertz CT molecular complexity index is 397. The third kappa shape index (κ3) is 2.74. The topological polar surface area (TPSA) is 26.3 Å². The van der Waals surface area contributed by atoms with Gasteiger partial charge in [0.05, 0.1) is 17.7 Å². The molecular weight excluding hydrogens is 221 g/mol. The second kappa shape index (κ2) is 4.55. The van der Waals surface area contributed by atoms with Gasteiger partial charge in [0.1, 0.15) is 5.82 Å². The van der Waals surface area contributed by atoms with E-state index >= 15 is 0 Å². The molecule has 5 heteroatoms. The van der Waals surface area contributed by atoms with E-state index in [2.05, 4.69) is 4.74 Å². The van der Waals surface area contributed by atoms with Crippen LogP contribution in [-0.2, 0) is 10.7 Å². The zero-order valence-corrected chi connectivity index (χ0v) is 8.89. The zero-order chi connectivity index (χ0) is 12.3. The molecule has 88 valence electrons. The van der Waals surface area contributed by atoms with Crippen LogP contribution in [0, 0.1) is 5.82 Å². The third-order valence-electron chi connectivity index (χ3n) is 1.95. The van der Waals surface area contributed by atoms with Gasteiger partial charge in [0.2, 0.25) is 0 Å². The lowest BCUT2D eigenvalue weighted by atomic mass is 10.1. The van der Waals surface area contributed by atoms with Gasteiger partial charge in [-0.15, -0.1) is 0 Å². The maximum absolute atomic E-state index is 13.1. The average Bonchev–Trinajstić information content (AvgIpc) is 2.16. The molecule has 0 amide bonds. The van der Waals surface area contributed by atoms with Crippen LogP contribution in [-0.4, -0.2) is 12.6 Å². The lowest BCUT2D eigenvalue weighted by Gasteiger charge is -2.12. The van der Waals surface area contributed by atoms with Crippen molar-refractivity contribution in [3.8, 4) is 0 Å². The van der Waals surface area contributed by atoms with Crippen LogP contribution >= 0.6 is 0 Å². The van der Waals surface area contributed by atoms with Gasteiger partial charge in [0.15, 0.2) is 0 Å². The summed E-state index contributed by atoms with van der Waals surface area (Å²) < 4.78 is 43.6. The van der Waals surface area contributed by atoms with Gasteiger partial charge in [0, 0.05) is 6.92 Å². The van der Waals surface area contributed by atoms with Gasteiger partial charge in [-0.2, -0.15) is 0 Å². The van der Waals surface area contributed by atoms with Crippen LogP contribution < -0.4 is 0 Å². The van der Waals surface area contributed by atoms with Gasteiger partial charge < -0.3 is 4.74 Å². The number of rotatable bonds is 3. The summed E-state index contributed by atoms with van der Waals surface area (Å²) >= 11 is 0. The Labute approximate surface area is 91.0 Å². The van der Waals surface area contributed by atoms with Gasteiger partial charge in [-0.1, -0.05) is 0 Å². The summed E-state index contributed by atoms with van der Waals surface area (Å²) in [7, 11) is 0. The molecule has 0 aliphatic rings. The van der Waals surface area contributed by atoms with E-state index in [0.29, 0.717) is 6.92 Å². The lowest BCUT2D eigenvalue weighted by Crippen LogP contribution is -2.13. The summed E-state index contributed by atoms with van der Waals surface area (Å²) in [5, 5.41) is 0. The highest BCUT2D eigenvalue weighted by atomic mass is 19.3. The summed E-state index contributed by atoms with van der Waals surface area (Å²) in [6.45, 7) is 2.30. The van der Waals surface area contributed by atoms with Gasteiger partial charge >= 0.3 is 5.97 Å². The van der Waals surface area contributed by atoms with Crippen molar-refractivity contribution >= 4 is 5.97 Å². The molecule has 0 heterocycles. The molecule has 1 aromatic rings. The molecule has 2 nitrogen and oxygen atoms in total. The molecule has 0 saturated carbocycles. The highest BCUT2D eigenvalue weighted by Crippen LogP contribution is 2.29. The van der Waals surface area contributed by atoms with E-state index < -0.39 is 23.3 Å². The van der Waals surface area contributed by atoms with Crippen molar-refractivity contribution in [3.63, 3.8) is 0 Å². The molecule has 0 N–H and O–H groups in total. The van der Waals surface area contributed by atoms with E-state index in [9.17, 15) is 18.0 Å². The number of carbonyl (C=O) groups is 1. The summed E-state index contributed by atoms with van der Waals surface area (Å²) in [4.78, 5) is 11.2. The van der Waals surface area contributed by atoms with E-state index in [0.717, 1.165) is 18.2 Å². The van der Waals surface area contributed by atoms with Crippen LogP contribution in [0.2, 0.25) is 0 Å². The average molecular weight is 232 g/mol. The predicted molar refractivity (Wildman–Crippen MR) is 51.9 cm³/mol. The van der Waals surface area contributed by atoms with Crippen molar-refractivity contribution in [2.45, 2.75) is 19.8 Å². The number of benzene rings is 1. The molecule has 0 aromatic heterocycles. The Morgan fingerprint density at radius 2 is 2.06 bits per heavy atom. The number of hydrogen-bond donors (Lipinski definition) is 0. The Balaban J connectivity index is 3.13. The first kappa shape index (κ1) is 12.5. The first-order valence-electron chi connectivity index (χ1n) is 4.71. The Hall–Kier alpha value is -1.52. The van der Waals surface area contributed by atoms with Crippen LogP contribution in [0.25, 0.3) is 0 Å². The SMILES string of the molecule is CCOC(=O)c1ccc(F)c(C(C)(F)F)c1. The maximum Gasteiger partial charge on any atom is 0.338 e. The molecule has 0 saturated heterocycles. The van der Waals surface area contributed by atoms with Crippen molar-refractivity contribution in [1.29, 1.82) is 0 Å². The van der Waals surface area contributed by atoms with E-state index in [1.165, 1.54) is 0 Å². The van der Waals surface area contributed by atoms with E-state index in [4.69, 9.17) is 0 Å². The first-order valence-corrected chi connectivity index (χ1v) is 4.71. The minimum Gasteiger partial charge on any atom is -0.462 e. The lowest BCUT2D eigenvalue weighted by molar-refractivity contribution is 0.0136. The fourth-order valence-corrected chi connectivity index (χ4v) is 1.20. The number of ether oxygens (including phenoxy) is 1.